The second kappa shape index (κ2) is 5.97. The summed E-state index contributed by atoms with van der Waals surface area (Å²) in [7, 11) is 0. The molecule has 1 aromatic carbocycles. The van der Waals surface area contributed by atoms with Gasteiger partial charge in [0.25, 0.3) is 5.91 Å². The quantitative estimate of drug-likeness (QED) is 0.899. The summed E-state index contributed by atoms with van der Waals surface area (Å²) in [4.78, 5) is 27.1. The number of hydrogen-bond acceptors (Lipinski definition) is 3. The van der Waals surface area contributed by atoms with Crippen LogP contribution in [0, 0.1) is 6.92 Å². The molecular formula is C15H15N3O2. The Hall–Kier alpha value is -2.69. The first-order chi connectivity index (χ1) is 9.56. The molecule has 0 spiro atoms. The van der Waals surface area contributed by atoms with Gasteiger partial charge < -0.3 is 10.6 Å². The van der Waals surface area contributed by atoms with E-state index in [2.05, 4.69) is 15.6 Å². The molecule has 0 fully saturated rings. The number of amides is 2. The molecule has 0 saturated heterocycles. The van der Waals surface area contributed by atoms with Gasteiger partial charge in [-0.1, -0.05) is 6.07 Å². The number of nitrogens with zero attached hydrogens (tertiary/aromatic N) is 1. The molecule has 0 unspecified atom stereocenters. The number of anilines is 2. The van der Waals surface area contributed by atoms with Crippen LogP contribution in [0.1, 0.15) is 22.8 Å². The van der Waals surface area contributed by atoms with Crippen LogP contribution in [-0.2, 0) is 4.79 Å². The molecule has 2 aromatic rings. The average molecular weight is 269 g/mol. The Morgan fingerprint density at radius 1 is 1.10 bits per heavy atom. The summed E-state index contributed by atoms with van der Waals surface area (Å²) in [5, 5.41) is 5.46. The van der Waals surface area contributed by atoms with E-state index >= 15 is 0 Å². The maximum atomic E-state index is 12.1. The summed E-state index contributed by atoms with van der Waals surface area (Å²) in [6, 6.07) is 8.66. The van der Waals surface area contributed by atoms with Crippen molar-refractivity contribution in [2.75, 3.05) is 10.6 Å². The van der Waals surface area contributed by atoms with Gasteiger partial charge in [0.2, 0.25) is 5.91 Å². The number of carbonyl (C=O) groups is 2. The van der Waals surface area contributed by atoms with Gasteiger partial charge in [-0.25, -0.2) is 0 Å². The zero-order valence-electron chi connectivity index (χ0n) is 11.3. The lowest BCUT2D eigenvalue weighted by atomic mass is 10.1. The van der Waals surface area contributed by atoms with Gasteiger partial charge in [-0.15, -0.1) is 0 Å². The van der Waals surface area contributed by atoms with Crippen molar-refractivity contribution in [1.29, 1.82) is 0 Å². The van der Waals surface area contributed by atoms with E-state index < -0.39 is 0 Å². The summed E-state index contributed by atoms with van der Waals surface area (Å²) in [5.74, 6) is -0.358. The van der Waals surface area contributed by atoms with Crippen LogP contribution >= 0.6 is 0 Å². The molecule has 2 rings (SSSR count). The maximum Gasteiger partial charge on any atom is 0.256 e. The zero-order chi connectivity index (χ0) is 14.5. The normalized spacial score (nSPS) is 9.90. The molecular weight excluding hydrogens is 254 g/mol. The van der Waals surface area contributed by atoms with Gasteiger partial charge in [-0.05, 0) is 36.8 Å². The van der Waals surface area contributed by atoms with E-state index in [9.17, 15) is 9.59 Å². The number of hydrogen-bond donors (Lipinski definition) is 2. The summed E-state index contributed by atoms with van der Waals surface area (Å²) in [5.41, 5.74) is 2.65. The largest absolute Gasteiger partial charge is 0.326 e. The van der Waals surface area contributed by atoms with Gasteiger partial charge in [0.1, 0.15) is 0 Å². The number of carbonyl (C=O) groups excluding carboxylic acids is 2. The second-order valence-electron chi connectivity index (χ2n) is 4.41. The fourth-order valence-corrected chi connectivity index (χ4v) is 1.80. The van der Waals surface area contributed by atoms with Crippen molar-refractivity contribution in [2.24, 2.45) is 0 Å². The van der Waals surface area contributed by atoms with Gasteiger partial charge in [-0.3, -0.25) is 14.6 Å². The van der Waals surface area contributed by atoms with E-state index in [1.54, 1.807) is 42.7 Å². The van der Waals surface area contributed by atoms with Crippen LogP contribution in [0.5, 0.6) is 0 Å². The summed E-state index contributed by atoms with van der Waals surface area (Å²) in [6.45, 7) is 3.27. The Balaban J connectivity index is 2.16. The minimum atomic E-state index is -0.204. The SMILES string of the molecule is CC(=O)Nc1cccc(NC(=O)c2ccncc2C)c1. The van der Waals surface area contributed by atoms with Crippen LogP contribution in [-0.4, -0.2) is 16.8 Å². The lowest BCUT2D eigenvalue weighted by Gasteiger charge is -2.09. The molecule has 0 aliphatic carbocycles. The molecule has 1 aromatic heterocycles. The van der Waals surface area contributed by atoms with Gasteiger partial charge >= 0.3 is 0 Å². The molecule has 20 heavy (non-hydrogen) atoms. The lowest BCUT2D eigenvalue weighted by molar-refractivity contribution is -0.114. The molecule has 1 heterocycles. The molecule has 5 heteroatoms. The molecule has 102 valence electrons. The lowest BCUT2D eigenvalue weighted by Crippen LogP contribution is -2.14. The highest BCUT2D eigenvalue weighted by atomic mass is 16.2. The van der Waals surface area contributed by atoms with Crippen LogP contribution < -0.4 is 10.6 Å². The van der Waals surface area contributed by atoms with Crippen molar-refractivity contribution in [2.45, 2.75) is 13.8 Å². The highest BCUT2D eigenvalue weighted by Gasteiger charge is 2.09. The number of pyridine rings is 1. The molecule has 0 aliphatic rings. The Morgan fingerprint density at radius 3 is 2.45 bits per heavy atom. The minimum absolute atomic E-state index is 0.154. The number of rotatable bonds is 3. The van der Waals surface area contributed by atoms with E-state index in [-0.39, 0.29) is 11.8 Å². The number of benzene rings is 1. The summed E-state index contributed by atoms with van der Waals surface area (Å²) < 4.78 is 0. The van der Waals surface area contributed by atoms with Crippen molar-refractivity contribution in [1.82, 2.24) is 4.98 Å². The Labute approximate surface area is 117 Å². The predicted molar refractivity (Wildman–Crippen MR) is 77.7 cm³/mol. The van der Waals surface area contributed by atoms with Gasteiger partial charge in [0.15, 0.2) is 0 Å². The van der Waals surface area contributed by atoms with E-state index in [1.165, 1.54) is 6.92 Å². The van der Waals surface area contributed by atoms with Crippen molar-refractivity contribution >= 4 is 23.2 Å². The van der Waals surface area contributed by atoms with Gasteiger partial charge in [0, 0.05) is 36.3 Å². The van der Waals surface area contributed by atoms with Crippen LogP contribution in [0.2, 0.25) is 0 Å². The molecule has 2 N–H and O–H groups in total. The summed E-state index contributed by atoms with van der Waals surface area (Å²) in [6.07, 6.45) is 3.22. The standard InChI is InChI=1S/C15H15N3O2/c1-10-9-16-7-6-14(10)15(20)18-13-5-3-4-12(8-13)17-11(2)19/h3-9H,1-2H3,(H,17,19)(H,18,20). The predicted octanol–water partition coefficient (Wildman–Crippen LogP) is 2.60. The Kier molecular flexibility index (Phi) is 4.10. The van der Waals surface area contributed by atoms with Crippen molar-refractivity contribution < 1.29 is 9.59 Å². The van der Waals surface area contributed by atoms with Crippen LogP contribution in [0.15, 0.2) is 42.7 Å². The van der Waals surface area contributed by atoms with Crippen LogP contribution in [0.3, 0.4) is 0 Å². The molecule has 0 radical (unpaired) electrons. The highest BCUT2D eigenvalue weighted by Crippen LogP contribution is 2.16. The average Bonchev–Trinajstić information content (AvgIpc) is 2.38. The zero-order valence-corrected chi connectivity index (χ0v) is 11.3. The molecule has 2 amide bonds. The second-order valence-corrected chi connectivity index (χ2v) is 4.41. The van der Waals surface area contributed by atoms with Gasteiger partial charge in [-0.2, -0.15) is 0 Å². The first kappa shape index (κ1) is 13.7. The Bertz CT molecular complexity index is 653. The first-order valence-electron chi connectivity index (χ1n) is 6.16. The van der Waals surface area contributed by atoms with E-state index in [0.29, 0.717) is 16.9 Å². The van der Waals surface area contributed by atoms with Crippen molar-refractivity contribution in [3.05, 3.63) is 53.9 Å². The fourth-order valence-electron chi connectivity index (χ4n) is 1.80. The van der Waals surface area contributed by atoms with E-state index in [0.717, 1.165) is 5.56 Å². The smallest absolute Gasteiger partial charge is 0.256 e. The van der Waals surface area contributed by atoms with E-state index in [4.69, 9.17) is 0 Å². The molecule has 0 atom stereocenters. The Morgan fingerprint density at radius 2 is 1.80 bits per heavy atom. The molecule has 0 saturated carbocycles. The van der Waals surface area contributed by atoms with Crippen molar-refractivity contribution in [3.63, 3.8) is 0 Å². The number of aryl methyl sites for hydroxylation is 1. The maximum absolute atomic E-state index is 12.1. The van der Waals surface area contributed by atoms with E-state index in [1.807, 2.05) is 6.92 Å². The third-order valence-electron chi connectivity index (χ3n) is 2.71. The topological polar surface area (TPSA) is 71.1 Å². The number of aromatic nitrogens is 1. The third-order valence-corrected chi connectivity index (χ3v) is 2.71. The molecule has 0 aliphatic heterocycles. The van der Waals surface area contributed by atoms with Crippen LogP contribution in [0.25, 0.3) is 0 Å². The molecule has 5 nitrogen and oxygen atoms in total. The van der Waals surface area contributed by atoms with Crippen LogP contribution in [0.4, 0.5) is 11.4 Å². The third kappa shape index (κ3) is 3.41. The number of nitrogens with one attached hydrogen (secondary N) is 2. The summed E-state index contributed by atoms with van der Waals surface area (Å²) >= 11 is 0. The highest BCUT2D eigenvalue weighted by molar-refractivity contribution is 6.05. The molecule has 0 bridgehead atoms. The fraction of sp³-hybridized carbons (Fsp3) is 0.133. The first-order valence-corrected chi connectivity index (χ1v) is 6.16. The minimum Gasteiger partial charge on any atom is -0.326 e. The monoisotopic (exact) mass is 269 g/mol. The van der Waals surface area contributed by atoms with Gasteiger partial charge in [0.05, 0.1) is 0 Å². The van der Waals surface area contributed by atoms with Crippen molar-refractivity contribution in [3.8, 4) is 0 Å².